The molecular weight excluding hydrogens is 290 g/mol. The fourth-order valence-electron chi connectivity index (χ4n) is 1.94. The lowest BCUT2D eigenvalue weighted by Crippen LogP contribution is -2.06. The highest BCUT2D eigenvalue weighted by molar-refractivity contribution is 9.10. The van der Waals surface area contributed by atoms with Crippen molar-refractivity contribution in [2.45, 2.75) is 13.8 Å². The van der Waals surface area contributed by atoms with Crippen LogP contribution in [0.4, 0.5) is 5.69 Å². The molecule has 0 atom stereocenters. The van der Waals surface area contributed by atoms with Gasteiger partial charge in [-0.3, -0.25) is 4.79 Å². The van der Waals surface area contributed by atoms with Crippen molar-refractivity contribution in [2.75, 3.05) is 5.73 Å². The second kappa shape index (κ2) is 4.94. The zero-order valence-corrected chi connectivity index (χ0v) is 11.9. The Bertz CT molecular complexity index is 620. The Kier molecular flexibility index (Phi) is 3.53. The van der Waals surface area contributed by atoms with Gasteiger partial charge < -0.3 is 5.73 Å². The topological polar surface area (TPSA) is 43.1 Å². The molecule has 0 heterocycles. The third-order valence-corrected chi connectivity index (χ3v) is 3.78. The van der Waals surface area contributed by atoms with Gasteiger partial charge in [-0.15, -0.1) is 0 Å². The number of hydrogen-bond donors (Lipinski definition) is 1. The van der Waals surface area contributed by atoms with Crippen LogP contribution in [0.25, 0.3) is 0 Å². The molecule has 0 aliphatic rings. The van der Waals surface area contributed by atoms with Crippen LogP contribution in [0.1, 0.15) is 27.0 Å². The number of anilines is 1. The zero-order valence-electron chi connectivity index (χ0n) is 10.3. The first-order chi connectivity index (χ1) is 8.50. The van der Waals surface area contributed by atoms with Crippen LogP contribution in [0, 0.1) is 13.8 Å². The number of aryl methyl sites for hydroxylation is 2. The van der Waals surface area contributed by atoms with Gasteiger partial charge in [-0.2, -0.15) is 0 Å². The number of hydrogen-bond acceptors (Lipinski definition) is 2. The van der Waals surface area contributed by atoms with E-state index in [1.807, 2.05) is 32.0 Å². The van der Waals surface area contributed by atoms with E-state index in [9.17, 15) is 4.79 Å². The molecule has 0 aromatic heterocycles. The van der Waals surface area contributed by atoms with E-state index in [2.05, 4.69) is 15.9 Å². The molecule has 0 saturated heterocycles. The summed E-state index contributed by atoms with van der Waals surface area (Å²) in [4.78, 5) is 12.5. The van der Waals surface area contributed by atoms with Crippen molar-refractivity contribution in [3.8, 4) is 0 Å². The normalized spacial score (nSPS) is 10.4. The molecule has 0 unspecified atom stereocenters. The Labute approximate surface area is 115 Å². The molecule has 2 aromatic carbocycles. The summed E-state index contributed by atoms with van der Waals surface area (Å²) >= 11 is 3.37. The number of halogens is 1. The lowest BCUT2D eigenvalue weighted by atomic mass is 9.97. The van der Waals surface area contributed by atoms with Crippen LogP contribution in [0.15, 0.2) is 40.9 Å². The van der Waals surface area contributed by atoms with Gasteiger partial charge in [0.1, 0.15) is 0 Å². The lowest BCUT2D eigenvalue weighted by Gasteiger charge is -2.09. The van der Waals surface area contributed by atoms with E-state index in [1.165, 1.54) is 0 Å². The molecule has 0 saturated carbocycles. The highest BCUT2D eigenvalue weighted by atomic mass is 79.9. The second-order valence-corrected chi connectivity index (χ2v) is 5.15. The van der Waals surface area contributed by atoms with Gasteiger partial charge in [-0.1, -0.05) is 29.8 Å². The van der Waals surface area contributed by atoms with Crippen LogP contribution in [0.2, 0.25) is 0 Å². The molecule has 18 heavy (non-hydrogen) atoms. The summed E-state index contributed by atoms with van der Waals surface area (Å²) in [5.74, 6) is -0.00771. The Morgan fingerprint density at radius 2 is 1.83 bits per heavy atom. The summed E-state index contributed by atoms with van der Waals surface area (Å²) in [6.07, 6.45) is 0. The predicted molar refractivity (Wildman–Crippen MR) is 77.9 cm³/mol. The van der Waals surface area contributed by atoms with Crippen LogP contribution < -0.4 is 5.73 Å². The summed E-state index contributed by atoms with van der Waals surface area (Å²) in [7, 11) is 0. The number of nitrogens with two attached hydrogens (primary N) is 1. The molecule has 0 bridgehead atoms. The largest absolute Gasteiger partial charge is 0.398 e. The molecule has 2 nitrogen and oxygen atoms in total. The molecule has 0 amide bonds. The van der Waals surface area contributed by atoms with E-state index >= 15 is 0 Å². The Balaban J connectivity index is 2.51. The molecule has 0 aliphatic heterocycles. The van der Waals surface area contributed by atoms with Crippen molar-refractivity contribution >= 4 is 27.4 Å². The average Bonchev–Trinajstić information content (AvgIpc) is 2.32. The average molecular weight is 304 g/mol. The molecule has 2 rings (SSSR count). The van der Waals surface area contributed by atoms with Crippen molar-refractivity contribution < 1.29 is 4.79 Å². The van der Waals surface area contributed by atoms with Gasteiger partial charge in [0.05, 0.1) is 4.47 Å². The van der Waals surface area contributed by atoms with E-state index < -0.39 is 0 Å². The van der Waals surface area contributed by atoms with E-state index in [0.29, 0.717) is 21.3 Å². The summed E-state index contributed by atoms with van der Waals surface area (Å²) in [5.41, 5.74) is 9.82. The van der Waals surface area contributed by atoms with Gasteiger partial charge in [-0.05, 0) is 47.5 Å². The molecule has 0 fully saturated rings. The quantitative estimate of drug-likeness (QED) is 0.676. The van der Waals surface area contributed by atoms with Crippen molar-refractivity contribution in [3.05, 3.63) is 63.1 Å². The van der Waals surface area contributed by atoms with Crippen LogP contribution >= 0.6 is 15.9 Å². The van der Waals surface area contributed by atoms with Crippen molar-refractivity contribution in [3.63, 3.8) is 0 Å². The van der Waals surface area contributed by atoms with Gasteiger partial charge >= 0.3 is 0 Å². The van der Waals surface area contributed by atoms with E-state index in [1.54, 1.807) is 18.2 Å². The number of nitrogen functional groups attached to an aromatic ring is 1. The maximum atomic E-state index is 12.5. The van der Waals surface area contributed by atoms with Gasteiger partial charge in [0.25, 0.3) is 0 Å². The first-order valence-corrected chi connectivity index (χ1v) is 6.46. The molecule has 2 aromatic rings. The number of rotatable bonds is 2. The minimum atomic E-state index is -0.00771. The smallest absolute Gasteiger partial charge is 0.194 e. The van der Waals surface area contributed by atoms with Crippen LogP contribution in [-0.4, -0.2) is 5.78 Å². The summed E-state index contributed by atoms with van der Waals surface area (Å²) < 4.78 is 0.662. The molecule has 0 radical (unpaired) electrons. The van der Waals surface area contributed by atoms with Crippen LogP contribution in [0.5, 0.6) is 0 Å². The first kappa shape index (κ1) is 12.8. The Morgan fingerprint density at radius 1 is 1.11 bits per heavy atom. The summed E-state index contributed by atoms with van der Waals surface area (Å²) in [5, 5.41) is 0. The van der Waals surface area contributed by atoms with Crippen LogP contribution in [-0.2, 0) is 0 Å². The minimum Gasteiger partial charge on any atom is -0.398 e. The second-order valence-electron chi connectivity index (χ2n) is 4.36. The Hall–Kier alpha value is -1.61. The van der Waals surface area contributed by atoms with Gasteiger partial charge in [0.2, 0.25) is 0 Å². The number of ketones is 1. The number of carbonyl (C=O) groups is 1. The minimum absolute atomic E-state index is 0.00771. The lowest BCUT2D eigenvalue weighted by molar-refractivity contribution is 0.103. The molecule has 3 heteroatoms. The number of benzene rings is 2. The molecule has 0 aliphatic carbocycles. The standard InChI is InChI=1S/C15H14BrNO/c1-9-6-7-11(10(2)8-9)15(18)12-4-3-5-13(17)14(12)16/h3-8H,17H2,1-2H3. The highest BCUT2D eigenvalue weighted by Gasteiger charge is 2.15. The third kappa shape index (κ3) is 2.31. The predicted octanol–water partition coefficient (Wildman–Crippen LogP) is 3.88. The highest BCUT2D eigenvalue weighted by Crippen LogP contribution is 2.26. The zero-order chi connectivity index (χ0) is 13.3. The van der Waals surface area contributed by atoms with Gasteiger partial charge in [0.15, 0.2) is 5.78 Å². The van der Waals surface area contributed by atoms with E-state index in [0.717, 1.165) is 11.1 Å². The molecule has 0 spiro atoms. The monoisotopic (exact) mass is 303 g/mol. The fraction of sp³-hybridized carbons (Fsp3) is 0.133. The van der Waals surface area contributed by atoms with E-state index in [-0.39, 0.29) is 5.78 Å². The maximum Gasteiger partial charge on any atom is 0.194 e. The molecule has 92 valence electrons. The number of carbonyl (C=O) groups excluding carboxylic acids is 1. The molecular formula is C15H14BrNO. The van der Waals surface area contributed by atoms with E-state index in [4.69, 9.17) is 5.73 Å². The summed E-state index contributed by atoms with van der Waals surface area (Å²) in [6.45, 7) is 3.96. The first-order valence-electron chi connectivity index (χ1n) is 5.66. The van der Waals surface area contributed by atoms with Gasteiger partial charge in [-0.25, -0.2) is 0 Å². The van der Waals surface area contributed by atoms with Crippen LogP contribution in [0.3, 0.4) is 0 Å². The summed E-state index contributed by atoms with van der Waals surface area (Å²) in [6, 6.07) is 11.2. The molecule has 2 N–H and O–H groups in total. The third-order valence-electron chi connectivity index (χ3n) is 2.90. The van der Waals surface area contributed by atoms with Crippen molar-refractivity contribution in [2.24, 2.45) is 0 Å². The fourth-order valence-corrected chi connectivity index (χ4v) is 2.38. The SMILES string of the molecule is Cc1ccc(C(=O)c2cccc(N)c2Br)c(C)c1. The van der Waals surface area contributed by atoms with Crippen molar-refractivity contribution in [1.82, 2.24) is 0 Å². The maximum absolute atomic E-state index is 12.5. The van der Waals surface area contributed by atoms with Crippen molar-refractivity contribution in [1.29, 1.82) is 0 Å². The van der Waals surface area contributed by atoms with Gasteiger partial charge in [0, 0.05) is 16.8 Å². The Morgan fingerprint density at radius 3 is 2.50 bits per heavy atom.